The summed E-state index contributed by atoms with van der Waals surface area (Å²) in [6.45, 7) is 4.73. The van der Waals surface area contributed by atoms with Crippen LogP contribution in [0.3, 0.4) is 0 Å². The van der Waals surface area contributed by atoms with Gasteiger partial charge in [-0.05, 0) is 17.0 Å². The first-order valence-electron chi connectivity index (χ1n) is 6.68. The van der Waals surface area contributed by atoms with Crippen LogP contribution in [0.1, 0.15) is 24.1 Å². The first kappa shape index (κ1) is 11.5. The molecule has 0 amide bonds. The van der Waals surface area contributed by atoms with Crippen molar-refractivity contribution in [2.75, 3.05) is 13.1 Å². The van der Waals surface area contributed by atoms with Gasteiger partial charge in [0.15, 0.2) is 0 Å². The van der Waals surface area contributed by atoms with E-state index in [0.717, 1.165) is 5.92 Å². The van der Waals surface area contributed by atoms with Gasteiger partial charge in [0, 0.05) is 13.1 Å². The minimum absolute atomic E-state index is 0.420. The zero-order chi connectivity index (χ0) is 12.4. The highest BCUT2D eigenvalue weighted by Crippen LogP contribution is 2.33. The van der Waals surface area contributed by atoms with E-state index in [1.54, 1.807) is 0 Å². The molecule has 0 N–H and O–H groups in total. The van der Waals surface area contributed by atoms with Crippen molar-refractivity contribution in [1.82, 2.24) is 4.90 Å². The summed E-state index contributed by atoms with van der Waals surface area (Å²) < 4.78 is 0. The maximum absolute atomic E-state index is 2.56. The predicted molar refractivity (Wildman–Crippen MR) is 75.5 cm³/mol. The van der Waals surface area contributed by atoms with Gasteiger partial charge in [-0.25, -0.2) is 0 Å². The monoisotopic (exact) mass is 237 g/mol. The van der Waals surface area contributed by atoms with Gasteiger partial charge in [-0.15, -0.1) is 0 Å². The van der Waals surface area contributed by atoms with Crippen LogP contribution < -0.4 is 0 Å². The van der Waals surface area contributed by atoms with Crippen molar-refractivity contribution in [3.8, 4) is 0 Å². The molecular formula is C17H19N. The normalized spacial score (nSPS) is 16.8. The van der Waals surface area contributed by atoms with Gasteiger partial charge in [0.2, 0.25) is 0 Å². The summed E-state index contributed by atoms with van der Waals surface area (Å²) in [5.74, 6) is 0.833. The topological polar surface area (TPSA) is 3.24 Å². The molecule has 1 aliphatic heterocycles. The van der Waals surface area contributed by atoms with Gasteiger partial charge in [0.05, 0.1) is 6.04 Å². The highest BCUT2D eigenvalue weighted by Gasteiger charge is 2.31. The predicted octanol–water partition coefficient (Wildman–Crippen LogP) is 3.73. The molecule has 18 heavy (non-hydrogen) atoms. The quantitative estimate of drug-likeness (QED) is 0.786. The van der Waals surface area contributed by atoms with E-state index in [4.69, 9.17) is 0 Å². The van der Waals surface area contributed by atoms with E-state index in [2.05, 4.69) is 72.5 Å². The van der Waals surface area contributed by atoms with E-state index in [0.29, 0.717) is 6.04 Å². The van der Waals surface area contributed by atoms with Gasteiger partial charge in [-0.3, -0.25) is 4.90 Å². The van der Waals surface area contributed by atoms with Crippen molar-refractivity contribution < 1.29 is 0 Å². The molecule has 0 aliphatic carbocycles. The van der Waals surface area contributed by atoms with Gasteiger partial charge >= 0.3 is 0 Å². The lowest BCUT2D eigenvalue weighted by atomic mass is 9.91. The average Bonchev–Trinajstić information content (AvgIpc) is 2.40. The molecule has 1 aliphatic rings. The zero-order valence-corrected chi connectivity index (χ0v) is 10.8. The van der Waals surface area contributed by atoms with Crippen LogP contribution in [0.4, 0.5) is 0 Å². The summed E-state index contributed by atoms with van der Waals surface area (Å²) in [6.07, 6.45) is 0. The molecule has 0 radical (unpaired) electrons. The van der Waals surface area contributed by atoms with Crippen LogP contribution in [-0.2, 0) is 0 Å². The van der Waals surface area contributed by atoms with Crippen molar-refractivity contribution in [3.05, 3.63) is 71.8 Å². The summed E-state index contributed by atoms with van der Waals surface area (Å²) in [4.78, 5) is 2.56. The Morgan fingerprint density at radius 2 is 1.28 bits per heavy atom. The Morgan fingerprint density at radius 3 is 1.67 bits per heavy atom. The fraction of sp³-hybridized carbons (Fsp3) is 0.294. The molecule has 0 spiro atoms. The molecule has 1 heteroatoms. The lowest BCUT2D eigenvalue weighted by Gasteiger charge is -2.43. The summed E-state index contributed by atoms with van der Waals surface area (Å²) in [7, 11) is 0. The molecule has 1 heterocycles. The van der Waals surface area contributed by atoms with Crippen molar-refractivity contribution >= 4 is 0 Å². The molecule has 0 bridgehead atoms. The Kier molecular flexibility index (Phi) is 3.16. The Balaban J connectivity index is 1.94. The van der Waals surface area contributed by atoms with E-state index in [1.165, 1.54) is 24.2 Å². The van der Waals surface area contributed by atoms with Gasteiger partial charge < -0.3 is 0 Å². The first-order valence-corrected chi connectivity index (χ1v) is 6.68. The van der Waals surface area contributed by atoms with E-state index in [1.807, 2.05) is 0 Å². The number of benzene rings is 2. The summed E-state index contributed by atoms with van der Waals surface area (Å²) in [6, 6.07) is 22.1. The second-order valence-corrected chi connectivity index (χ2v) is 5.28. The molecular weight excluding hydrogens is 218 g/mol. The summed E-state index contributed by atoms with van der Waals surface area (Å²) >= 11 is 0. The standard InChI is InChI=1S/C17H19N/c1-14-12-18(13-14)17(15-8-4-2-5-9-15)16-10-6-3-7-11-16/h2-11,14,17H,12-13H2,1H3. The van der Waals surface area contributed by atoms with Gasteiger partial charge in [0.1, 0.15) is 0 Å². The van der Waals surface area contributed by atoms with Crippen molar-refractivity contribution in [3.63, 3.8) is 0 Å². The molecule has 3 rings (SSSR count). The molecule has 92 valence electrons. The third-order valence-corrected chi connectivity index (χ3v) is 3.69. The van der Waals surface area contributed by atoms with Crippen molar-refractivity contribution in [2.24, 2.45) is 5.92 Å². The van der Waals surface area contributed by atoms with Crippen LogP contribution in [0, 0.1) is 5.92 Å². The van der Waals surface area contributed by atoms with E-state index in [9.17, 15) is 0 Å². The highest BCUT2D eigenvalue weighted by atomic mass is 15.2. The second-order valence-electron chi connectivity index (χ2n) is 5.28. The van der Waals surface area contributed by atoms with E-state index < -0.39 is 0 Å². The third kappa shape index (κ3) is 2.19. The van der Waals surface area contributed by atoms with Crippen LogP contribution in [0.15, 0.2) is 60.7 Å². The largest absolute Gasteiger partial charge is 0.292 e. The van der Waals surface area contributed by atoms with Crippen LogP contribution in [0.5, 0.6) is 0 Å². The van der Waals surface area contributed by atoms with Crippen LogP contribution >= 0.6 is 0 Å². The van der Waals surface area contributed by atoms with Gasteiger partial charge in [-0.2, -0.15) is 0 Å². The fourth-order valence-corrected chi connectivity index (χ4v) is 2.84. The fourth-order valence-electron chi connectivity index (χ4n) is 2.84. The zero-order valence-electron chi connectivity index (χ0n) is 10.8. The molecule has 0 unspecified atom stereocenters. The number of likely N-dealkylation sites (tertiary alicyclic amines) is 1. The van der Waals surface area contributed by atoms with Crippen LogP contribution in [0.25, 0.3) is 0 Å². The molecule has 1 nitrogen and oxygen atoms in total. The first-order chi connectivity index (χ1) is 8.84. The second kappa shape index (κ2) is 4.95. The maximum Gasteiger partial charge on any atom is 0.0602 e. The van der Waals surface area contributed by atoms with Gasteiger partial charge in [0.25, 0.3) is 0 Å². The minimum Gasteiger partial charge on any atom is -0.292 e. The molecule has 2 aromatic carbocycles. The highest BCUT2D eigenvalue weighted by molar-refractivity contribution is 5.32. The lowest BCUT2D eigenvalue weighted by Crippen LogP contribution is -2.47. The van der Waals surface area contributed by atoms with Crippen molar-refractivity contribution in [1.29, 1.82) is 0 Å². The average molecular weight is 237 g/mol. The molecule has 2 aromatic rings. The third-order valence-electron chi connectivity index (χ3n) is 3.69. The van der Waals surface area contributed by atoms with Crippen molar-refractivity contribution in [2.45, 2.75) is 13.0 Å². The Morgan fingerprint density at radius 1 is 0.833 bits per heavy atom. The molecule has 1 saturated heterocycles. The number of nitrogens with zero attached hydrogens (tertiary/aromatic N) is 1. The summed E-state index contributed by atoms with van der Waals surface area (Å²) in [5.41, 5.74) is 2.80. The minimum atomic E-state index is 0.420. The number of rotatable bonds is 3. The molecule has 1 fully saturated rings. The SMILES string of the molecule is CC1CN(C(c2ccccc2)c2ccccc2)C1. The Labute approximate surface area is 109 Å². The van der Waals surface area contributed by atoms with E-state index >= 15 is 0 Å². The smallest absolute Gasteiger partial charge is 0.0602 e. The molecule has 0 aromatic heterocycles. The van der Waals surface area contributed by atoms with E-state index in [-0.39, 0.29) is 0 Å². The van der Waals surface area contributed by atoms with Crippen LogP contribution in [0.2, 0.25) is 0 Å². The Bertz CT molecular complexity index is 446. The Hall–Kier alpha value is -1.60. The summed E-state index contributed by atoms with van der Waals surface area (Å²) in [5, 5.41) is 0. The number of hydrogen-bond acceptors (Lipinski definition) is 1. The number of hydrogen-bond donors (Lipinski definition) is 0. The lowest BCUT2D eigenvalue weighted by molar-refractivity contribution is 0.0796. The molecule has 0 saturated carbocycles. The maximum atomic E-state index is 2.56. The van der Waals surface area contributed by atoms with Crippen LogP contribution in [-0.4, -0.2) is 18.0 Å². The van der Waals surface area contributed by atoms with Gasteiger partial charge in [-0.1, -0.05) is 67.6 Å². The molecule has 0 atom stereocenters.